The van der Waals surface area contributed by atoms with Crippen LogP contribution in [0.15, 0.2) is 36.5 Å². The molecule has 3 rings (SSSR count). The van der Waals surface area contributed by atoms with Crippen LogP contribution in [0.25, 0.3) is 22.0 Å². The molecule has 25 heavy (non-hydrogen) atoms. The number of ether oxygens (including phenoxy) is 1. The first-order valence-electron chi connectivity index (χ1n) is 7.03. The highest BCUT2D eigenvalue weighted by Crippen LogP contribution is 2.35. The van der Waals surface area contributed by atoms with Crippen LogP contribution in [0, 0.1) is 5.82 Å². The molecular formula is C15H11BF3N3O3. The Labute approximate surface area is 139 Å². The number of alkyl halides is 2. The van der Waals surface area contributed by atoms with Crippen LogP contribution in [0.3, 0.4) is 0 Å². The largest absolute Gasteiger partial charge is 0.491 e. The molecule has 4 N–H and O–H groups in total. The van der Waals surface area contributed by atoms with Crippen molar-refractivity contribution in [3.63, 3.8) is 0 Å². The van der Waals surface area contributed by atoms with Gasteiger partial charge in [0.15, 0.2) is 0 Å². The molecule has 0 aliphatic heterocycles. The molecule has 0 spiro atoms. The Morgan fingerprint density at radius 3 is 2.60 bits per heavy atom. The fourth-order valence-corrected chi connectivity index (χ4v) is 2.47. The Morgan fingerprint density at radius 2 is 1.92 bits per heavy atom. The van der Waals surface area contributed by atoms with Crippen LogP contribution in [0.2, 0.25) is 0 Å². The topological polar surface area (TPSA) is 101 Å². The first-order valence-corrected chi connectivity index (χ1v) is 7.03. The van der Waals surface area contributed by atoms with Crippen molar-refractivity contribution < 1.29 is 28.0 Å². The third-order valence-electron chi connectivity index (χ3n) is 3.59. The zero-order chi connectivity index (χ0) is 18.1. The molecule has 0 amide bonds. The molecule has 0 unspecified atom stereocenters. The van der Waals surface area contributed by atoms with Crippen LogP contribution in [-0.2, 0) is 0 Å². The molecular weight excluding hydrogens is 338 g/mol. The second-order valence-electron chi connectivity index (χ2n) is 5.13. The highest BCUT2D eigenvalue weighted by Gasteiger charge is 2.24. The maximum atomic E-state index is 14.7. The molecule has 1 heterocycles. The Morgan fingerprint density at radius 1 is 1.16 bits per heavy atom. The van der Waals surface area contributed by atoms with Crippen molar-refractivity contribution in [2.45, 2.75) is 6.61 Å². The lowest BCUT2D eigenvalue weighted by molar-refractivity contribution is -0.0495. The van der Waals surface area contributed by atoms with Gasteiger partial charge in [-0.15, -0.1) is 0 Å². The smallest absolute Gasteiger partial charge is 0.434 e. The van der Waals surface area contributed by atoms with Crippen molar-refractivity contribution in [3.05, 3.63) is 42.3 Å². The number of anilines is 1. The van der Waals surface area contributed by atoms with E-state index in [1.54, 1.807) is 0 Å². The van der Waals surface area contributed by atoms with Crippen LogP contribution in [-0.4, -0.2) is 34.0 Å². The molecule has 2 aromatic carbocycles. The summed E-state index contributed by atoms with van der Waals surface area (Å²) in [5, 5.41) is 26.6. The summed E-state index contributed by atoms with van der Waals surface area (Å²) in [6, 6.07) is 6.35. The van der Waals surface area contributed by atoms with E-state index in [1.165, 1.54) is 24.4 Å². The molecule has 3 aromatic rings. The van der Waals surface area contributed by atoms with E-state index < -0.39 is 30.8 Å². The lowest BCUT2D eigenvalue weighted by Crippen LogP contribution is -2.33. The number of benzene rings is 2. The fraction of sp³-hybridized carbons (Fsp3) is 0.0667. The minimum atomic E-state index is -3.18. The van der Waals surface area contributed by atoms with Crippen molar-refractivity contribution in [1.29, 1.82) is 0 Å². The summed E-state index contributed by atoms with van der Waals surface area (Å²) in [7, 11) is -2.12. The van der Waals surface area contributed by atoms with E-state index in [-0.39, 0.29) is 11.1 Å². The van der Waals surface area contributed by atoms with Crippen molar-refractivity contribution in [2.75, 3.05) is 5.73 Å². The van der Waals surface area contributed by atoms with Gasteiger partial charge in [0.25, 0.3) is 0 Å². The van der Waals surface area contributed by atoms with Gasteiger partial charge in [-0.3, -0.25) is 0 Å². The van der Waals surface area contributed by atoms with Gasteiger partial charge >= 0.3 is 13.7 Å². The number of nitrogen functional groups attached to an aromatic ring is 1. The normalized spacial score (nSPS) is 11.1. The third-order valence-corrected chi connectivity index (χ3v) is 3.59. The number of hydrogen-bond donors (Lipinski definition) is 3. The van der Waals surface area contributed by atoms with Crippen molar-refractivity contribution in [2.24, 2.45) is 0 Å². The predicted octanol–water partition coefficient (Wildman–Crippen LogP) is 1.30. The van der Waals surface area contributed by atoms with Gasteiger partial charge in [-0.05, 0) is 23.8 Å². The van der Waals surface area contributed by atoms with Gasteiger partial charge < -0.3 is 20.5 Å². The van der Waals surface area contributed by atoms with E-state index in [9.17, 15) is 23.2 Å². The molecule has 0 aliphatic carbocycles. The zero-order valence-corrected chi connectivity index (χ0v) is 12.5. The molecule has 0 atom stereocenters. The predicted molar refractivity (Wildman–Crippen MR) is 85.8 cm³/mol. The first-order chi connectivity index (χ1) is 11.9. The van der Waals surface area contributed by atoms with Gasteiger partial charge in [-0.1, -0.05) is 12.1 Å². The highest BCUT2D eigenvalue weighted by atomic mass is 19.3. The van der Waals surface area contributed by atoms with Crippen molar-refractivity contribution >= 4 is 29.2 Å². The Bertz CT molecular complexity index is 941. The van der Waals surface area contributed by atoms with Crippen LogP contribution in [0.4, 0.5) is 18.9 Å². The Kier molecular flexibility index (Phi) is 4.47. The van der Waals surface area contributed by atoms with Gasteiger partial charge in [-0.2, -0.15) is 19.0 Å². The average Bonchev–Trinajstić information content (AvgIpc) is 2.54. The van der Waals surface area contributed by atoms with Crippen molar-refractivity contribution in [3.8, 4) is 16.9 Å². The van der Waals surface area contributed by atoms with E-state index in [0.29, 0.717) is 16.6 Å². The highest BCUT2D eigenvalue weighted by molar-refractivity contribution is 6.58. The van der Waals surface area contributed by atoms with E-state index in [4.69, 9.17) is 5.73 Å². The zero-order valence-electron chi connectivity index (χ0n) is 12.5. The molecule has 0 saturated heterocycles. The van der Waals surface area contributed by atoms with E-state index in [1.807, 2.05) is 0 Å². The van der Waals surface area contributed by atoms with Crippen molar-refractivity contribution in [1.82, 2.24) is 10.2 Å². The molecule has 128 valence electrons. The Balaban J connectivity index is 2.25. The van der Waals surface area contributed by atoms with E-state index >= 15 is 0 Å². The standard InChI is InChI=1S/C15H11BF3N3O3/c17-14-9(16(23)24)3-4-12(25-15(18)19)13(14)7-1-2-8-10(20)6-21-22-11(8)5-7/h1-6,15,23-24H,(H2,20,22). The number of rotatable bonds is 4. The summed E-state index contributed by atoms with van der Waals surface area (Å²) in [5.74, 6) is -1.54. The molecule has 10 heteroatoms. The number of halogens is 3. The Hall–Kier alpha value is -2.85. The maximum absolute atomic E-state index is 14.7. The second kappa shape index (κ2) is 6.57. The van der Waals surface area contributed by atoms with Gasteiger partial charge in [-0.25, -0.2) is 4.39 Å². The van der Waals surface area contributed by atoms with Gasteiger partial charge in [0.1, 0.15) is 11.6 Å². The van der Waals surface area contributed by atoms with Gasteiger partial charge in [0, 0.05) is 10.8 Å². The van der Waals surface area contributed by atoms with Crippen LogP contribution < -0.4 is 15.9 Å². The third kappa shape index (κ3) is 3.21. The molecule has 0 aliphatic rings. The summed E-state index contributed by atoms with van der Waals surface area (Å²) in [4.78, 5) is 0. The first kappa shape index (κ1) is 17.0. The van der Waals surface area contributed by atoms with Gasteiger partial charge in [0.2, 0.25) is 0 Å². The van der Waals surface area contributed by atoms with Crippen LogP contribution >= 0.6 is 0 Å². The number of nitrogens with zero attached hydrogens (tertiary/aromatic N) is 2. The molecule has 0 fully saturated rings. The minimum absolute atomic E-state index is 0.142. The second-order valence-corrected chi connectivity index (χ2v) is 5.13. The quantitative estimate of drug-likeness (QED) is 0.614. The summed E-state index contributed by atoms with van der Waals surface area (Å²) in [6.07, 6.45) is 1.34. The average molecular weight is 349 g/mol. The molecule has 0 saturated carbocycles. The minimum Gasteiger partial charge on any atom is -0.434 e. The number of hydrogen-bond acceptors (Lipinski definition) is 6. The summed E-state index contributed by atoms with van der Waals surface area (Å²) in [6.45, 7) is -3.18. The number of fused-ring (bicyclic) bond motifs is 1. The number of nitrogens with two attached hydrogens (primary N) is 1. The summed E-state index contributed by atoms with van der Waals surface area (Å²) in [5.41, 5.74) is 5.75. The van der Waals surface area contributed by atoms with Gasteiger partial charge in [0.05, 0.1) is 23.0 Å². The monoisotopic (exact) mass is 349 g/mol. The SMILES string of the molecule is Nc1cnnc2cc(-c3c(OC(F)F)ccc(B(O)O)c3F)ccc12. The summed E-state index contributed by atoms with van der Waals surface area (Å²) >= 11 is 0. The maximum Gasteiger partial charge on any atom is 0.491 e. The number of aromatic nitrogens is 2. The fourth-order valence-electron chi connectivity index (χ4n) is 2.47. The molecule has 0 radical (unpaired) electrons. The van der Waals surface area contributed by atoms with E-state index in [2.05, 4.69) is 14.9 Å². The molecule has 6 nitrogen and oxygen atoms in total. The van der Waals surface area contributed by atoms with E-state index in [0.717, 1.165) is 12.1 Å². The molecule has 0 bridgehead atoms. The lowest BCUT2D eigenvalue weighted by Gasteiger charge is -2.15. The van der Waals surface area contributed by atoms with Crippen LogP contribution in [0.1, 0.15) is 0 Å². The lowest BCUT2D eigenvalue weighted by atomic mass is 9.78. The summed E-state index contributed by atoms with van der Waals surface area (Å²) < 4.78 is 44.3. The van der Waals surface area contributed by atoms with Crippen LogP contribution in [0.5, 0.6) is 5.75 Å². The molecule has 1 aromatic heterocycles.